The quantitative estimate of drug-likeness (QED) is 0.583. The van der Waals surface area contributed by atoms with E-state index in [1.807, 2.05) is 0 Å². The molecule has 0 spiro atoms. The number of nitrogens with one attached hydrogen (secondary N) is 1. The van der Waals surface area contributed by atoms with Gasteiger partial charge in [-0.25, -0.2) is 8.42 Å². The Kier molecular flexibility index (Phi) is 9.84. The summed E-state index contributed by atoms with van der Waals surface area (Å²) in [6.45, 7) is 6.37. The van der Waals surface area contributed by atoms with E-state index in [1.165, 1.54) is 38.4 Å². The zero-order chi connectivity index (χ0) is 13.1. The largest absolute Gasteiger partial charge is 0.317 e. The third-order valence-corrected chi connectivity index (χ3v) is 3.78. The molecule has 17 heavy (non-hydrogen) atoms. The minimum Gasteiger partial charge on any atom is -0.317 e. The average Bonchev–Trinajstić information content (AvgIpc) is 2.18. The zero-order valence-corrected chi connectivity index (χ0v) is 12.5. The van der Waals surface area contributed by atoms with Crippen molar-refractivity contribution in [1.82, 2.24) is 5.32 Å². The first-order valence-electron chi connectivity index (χ1n) is 6.80. The summed E-state index contributed by atoms with van der Waals surface area (Å²) >= 11 is 0. The molecule has 0 unspecified atom stereocenters. The van der Waals surface area contributed by atoms with E-state index in [1.54, 1.807) is 0 Å². The highest BCUT2D eigenvalue weighted by atomic mass is 32.2. The van der Waals surface area contributed by atoms with Crippen molar-refractivity contribution < 1.29 is 8.42 Å². The molecular weight excluding hydrogens is 234 g/mol. The summed E-state index contributed by atoms with van der Waals surface area (Å²) in [5.41, 5.74) is 0. The third kappa shape index (κ3) is 15.9. The monoisotopic (exact) mass is 263 g/mol. The lowest BCUT2D eigenvalue weighted by atomic mass is 10.0. The molecule has 0 radical (unpaired) electrons. The van der Waals surface area contributed by atoms with Crippen molar-refractivity contribution in [3.05, 3.63) is 0 Å². The number of hydrogen-bond donors (Lipinski definition) is 1. The number of sulfone groups is 1. The normalized spacial score (nSPS) is 12.2. The first-order valence-corrected chi connectivity index (χ1v) is 8.86. The van der Waals surface area contributed by atoms with Gasteiger partial charge in [-0.2, -0.15) is 0 Å². The van der Waals surface area contributed by atoms with E-state index in [9.17, 15) is 8.42 Å². The molecule has 0 saturated heterocycles. The van der Waals surface area contributed by atoms with Crippen LogP contribution in [0.5, 0.6) is 0 Å². The van der Waals surface area contributed by atoms with Crippen molar-refractivity contribution >= 4 is 9.84 Å². The van der Waals surface area contributed by atoms with E-state index in [2.05, 4.69) is 19.2 Å². The standard InChI is InChI=1S/C13H29NO2S/c1-13(2)9-6-4-5-7-10-14-11-8-12-17(3,15)16/h13-14H,4-12H2,1-3H3. The fraction of sp³-hybridized carbons (Fsp3) is 1.00. The molecule has 0 aromatic carbocycles. The lowest BCUT2D eigenvalue weighted by Crippen LogP contribution is -2.19. The lowest BCUT2D eigenvalue weighted by molar-refractivity contribution is 0.512. The van der Waals surface area contributed by atoms with Crippen LogP contribution in [-0.2, 0) is 9.84 Å². The van der Waals surface area contributed by atoms with Gasteiger partial charge >= 0.3 is 0 Å². The van der Waals surface area contributed by atoms with Gasteiger partial charge in [0, 0.05) is 6.26 Å². The zero-order valence-electron chi connectivity index (χ0n) is 11.7. The summed E-state index contributed by atoms with van der Waals surface area (Å²) in [6, 6.07) is 0. The molecular formula is C13H29NO2S. The van der Waals surface area contributed by atoms with Crippen molar-refractivity contribution in [2.24, 2.45) is 5.92 Å². The van der Waals surface area contributed by atoms with Crippen molar-refractivity contribution in [2.75, 3.05) is 25.1 Å². The lowest BCUT2D eigenvalue weighted by Gasteiger charge is -2.05. The Morgan fingerprint density at radius 1 is 0.941 bits per heavy atom. The first kappa shape index (κ1) is 16.9. The summed E-state index contributed by atoms with van der Waals surface area (Å²) in [4.78, 5) is 0. The smallest absolute Gasteiger partial charge is 0.147 e. The van der Waals surface area contributed by atoms with Crippen LogP contribution in [0.25, 0.3) is 0 Å². The highest BCUT2D eigenvalue weighted by Crippen LogP contribution is 2.08. The van der Waals surface area contributed by atoms with E-state index >= 15 is 0 Å². The van der Waals surface area contributed by atoms with Gasteiger partial charge in [0.05, 0.1) is 5.75 Å². The highest BCUT2D eigenvalue weighted by molar-refractivity contribution is 7.90. The third-order valence-electron chi connectivity index (χ3n) is 2.75. The van der Waals surface area contributed by atoms with Crippen LogP contribution >= 0.6 is 0 Å². The summed E-state index contributed by atoms with van der Waals surface area (Å²) in [5.74, 6) is 1.12. The van der Waals surface area contributed by atoms with Gasteiger partial charge in [-0.3, -0.25) is 0 Å². The van der Waals surface area contributed by atoms with Gasteiger partial charge in [0.1, 0.15) is 9.84 Å². The molecule has 4 heteroatoms. The van der Waals surface area contributed by atoms with Crippen LogP contribution in [0.4, 0.5) is 0 Å². The van der Waals surface area contributed by atoms with E-state index in [0.29, 0.717) is 5.75 Å². The molecule has 0 heterocycles. The molecule has 0 rings (SSSR count). The maximum Gasteiger partial charge on any atom is 0.147 e. The summed E-state index contributed by atoms with van der Waals surface area (Å²) in [6.07, 6.45) is 8.51. The molecule has 0 bridgehead atoms. The Labute approximate surface area is 107 Å². The van der Waals surface area contributed by atoms with Crippen LogP contribution in [0.2, 0.25) is 0 Å². The maximum absolute atomic E-state index is 10.9. The molecule has 0 aliphatic rings. The average molecular weight is 263 g/mol. The molecule has 0 aromatic rings. The molecule has 0 atom stereocenters. The SMILES string of the molecule is CC(C)CCCCCCNCCCS(C)(=O)=O. The molecule has 1 N–H and O–H groups in total. The van der Waals surface area contributed by atoms with E-state index in [0.717, 1.165) is 25.4 Å². The predicted molar refractivity (Wildman–Crippen MR) is 75.1 cm³/mol. The Hall–Kier alpha value is -0.0900. The molecule has 104 valence electrons. The van der Waals surface area contributed by atoms with Crippen LogP contribution in [-0.4, -0.2) is 33.5 Å². The summed E-state index contributed by atoms with van der Waals surface area (Å²) < 4.78 is 21.7. The molecule has 3 nitrogen and oxygen atoms in total. The molecule has 0 aliphatic carbocycles. The van der Waals surface area contributed by atoms with Crippen LogP contribution in [0, 0.1) is 5.92 Å². The second-order valence-electron chi connectivity index (χ2n) is 5.33. The topological polar surface area (TPSA) is 46.2 Å². The summed E-state index contributed by atoms with van der Waals surface area (Å²) in [7, 11) is -2.78. The van der Waals surface area contributed by atoms with Crippen LogP contribution in [0.15, 0.2) is 0 Å². The molecule has 0 aromatic heterocycles. The van der Waals surface area contributed by atoms with Crippen LogP contribution in [0.1, 0.15) is 52.4 Å². The minimum absolute atomic E-state index is 0.300. The van der Waals surface area contributed by atoms with Gasteiger partial charge in [-0.15, -0.1) is 0 Å². The molecule has 0 fully saturated rings. The number of rotatable bonds is 11. The van der Waals surface area contributed by atoms with Crippen molar-refractivity contribution in [3.63, 3.8) is 0 Å². The van der Waals surface area contributed by atoms with Gasteiger partial charge < -0.3 is 5.32 Å². The molecule has 0 amide bonds. The van der Waals surface area contributed by atoms with E-state index in [-0.39, 0.29) is 0 Å². The van der Waals surface area contributed by atoms with Crippen molar-refractivity contribution in [1.29, 1.82) is 0 Å². The Morgan fingerprint density at radius 3 is 2.12 bits per heavy atom. The van der Waals surface area contributed by atoms with Gasteiger partial charge in [-0.1, -0.05) is 39.5 Å². The van der Waals surface area contributed by atoms with Gasteiger partial charge in [0.25, 0.3) is 0 Å². The fourth-order valence-corrected chi connectivity index (χ4v) is 2.41. The van der Waals surface area contributed by atoms with Crippen molar-refractivity contribution in [2.45, 2.75) is 52.4 Å². The van der Waals surface area contributed by atoms with Crippen LogP contribution in [0.3, 0.4) is 0 Å². The van der Waals surface area contributed by atoms with Gasteiger partial charge in [-0.05, 0) is 31.8 Å². The van der Waals surface area contributed by atoms with Crippen molar-refractivity contribution in [3.8, 4) is 0 Å². The molecule has 0 aliphatic heterocycles. The Bertz CT molecular complexity index is 261. The fourth-order valence-electron chi connectivity index (χ4n) is 1.74. The number of unbranched alkanes of at least 4 members (excludes halogenated alkanes) is 3. The molecule has 0 saturated carbocycles. The second kappa shape index (κ2) is 9.89. The maximum atomic E-state index is 10.9. The van der Waals surface area contributed by atoms with Crippen LogP contribution < -0.4 is 5.32 Å². The minimum atomic E-state index is -2.78. The number of hydrogen-bond acceptors (Lipinski definition) is 3. The Balaban J connectivity index is 3.09. The first-order chi connectivity index (χ1) is 7.92. The summed E-state index contributed by atoms with van der Waals surface area (Å²) in [5, 5.41) is 3.29. The van der Waals surface area contributed by atoms with E-state index < -0.39 is 9.84 Å². The van der Waals surface area contributed by atoms with Gasteiger partial charge in [0.2, 0.25) is 0 Å². The predicted octanol–water partition coefficient (Wildman–Crippen LogP) is 2.62. The Morgan fingerprint density at radius 2 is 1.53 bits per heavy atom. The highest BCUT2D eigenvalue weighted by Gasteiger charge is 2.00. The second-order valence-corrected chi connectivity index (χ2v) is 7.59. The van der Waals surface area contributed by atoms with Gasteiger partial charge in [0.15, 0.2) is 0 Å². The van der Waals surface area contributed by atoms with E-state index in [4.69, 9.17) is 0 Å².